The van der Waals surface area contributed by atoms with Gasteiger partial charge in [-0.1, -0.05) is 24.3 Å². The molecule has 1 amide bonds. The minimum Gasteiger partial charge on any atom is -0.489 e. The van der Waals surface area contributed by atoms with Crippen LogP contribution in [0.3, 0.4) is 0 Å². The second-order valence-corrected chi connectivity index (χ2v) is 6.27. The van der Waals surface area contributed by atoms with Crippen LogP contribution in [-0.2, 0) is 16.1 Å². The largest absolute Gasteiger partial charge is 0.489 e. The molecule has 28 heavy (non-hydrogen) atoms. The predicted molar refractivity (Wildman–Crippen MR) is 103 cm³/mol. The van der Waals surface area contributed by atoms with Crippen molar-refractivity contribution in [1.82, 2.24) is 10.2 Å². The number of ether oxygens (including phenoxy) is 2. The molecule has 2 aromatic carbocycles. The van der Waals surface area contributed by atoms with Gasteiger partial charge < -0.3 is 14.8 Å². The fourth-order valence-electron chi connectivity index (χ4n) is 2.55. The summed E-state index contributed by atoms with van der Waals surface area (Å²) >= 11 is 0. The lowest BCUT2D eigenvalue weighted by Gasteiger charge is -2.22. The normalized spacial score (nSPS) is 10.9. The van der Waals surface area contributed by atoms with Crippen LogP contribution in [0.4, 0.5) is 8.78 Å². The van der Waals surface area contributed by atoms with E-state index in [9.17, 15) is 13.6 Å². The average molecular weight is 392 g/mol. The number of carbonyl (C=O) groups is 1. The van der Waals surface area contributed by atoms with E-state index in [0.29, 0.717) is 45.8 Å². The summed E-state index contributed by atoms with van der Waals surface area (Å²) in [5, 5.41) is 2.82. The molecule has 2 rings (SSSR count). The maximum atomic E-state index is 13.6. The molecule has 0 radical (unpaired) electrons. The van der Waals surface area contributed by atoms with Gasteiger partial charge in [0.2, 0.25) is 5.91 Å². The minimum atomic E-state index is -0.397. The highest BCUT2D eigenvalue weighted by Crippen LogP contribution is 2.15. The predicted octanol–water partition coefficient (Wildman–Crippen LogP) is 3.00. The van der Waals surface area contributed by atoms with Gasteiger partial charge in [-0.15, -0.1) is 0 Å². The summed E-state index contributed by atoms with van der Waals surface area (Å²) in [7, 11) is 1.61. The Balaban J connectivity index is 1.73. The van der Waals surface area contributed by atoms with Crippen LogP contribution < -0.4 is 10.1 Å². The first-order valence-corrected chi connectivity index (χ1v) is 9.18. The second kappa shape index (κ2) is 12.0. The zero-order valence-corrected chi connectivity index (χ0v) is 16.0. The van der Waals surface area contributed by atoms with Gasteiger partial charge >= 0.3 is 0 Å². The standard InChI is InChI=1S/C21H26F2N2O3/c1-27-14-12-25(13-15-28-20-5-3-2-4-19(20)23)11-10-21(26)24-16-17-6-8-18(22)9-7-17/h2-9H,10-16H2,1H3,(H,24,26). The van der Waals surface area contributed by atoms with E-state index in [1.165, 1.54) is 18.2 Å². The molecule has 0 aromatic heterocycles. The Morgan fingerprint density at radius 3 is 2.43 bits per heavy atom. The van der Waals surface area contributed by atoms with Crippen molar-refractivity contribution in [3.05, 3.63) is 65.7 Å². The van der Waals surface area contributed by atoms with Crippen LogP contribution in [0.2, 0.25) is 0 Å². The number of carbonyl (C=O) groups excluding carboxylic acids is 1. The van der Waals surface area contributed by atoms with E-state index < -0.39 is 5.82 Å². The Bertz CT molecular complexity index is 726. The molecule has 0 aliphatic carbocycles. The second-order valence-electron chi connectivity index (χ2n) is 6.27. The Kier molecular flexibility index (Phi) is 9.37. The maximum Gasteiger partial charge on any atom is 0.221 e. The molecule has 7 heteroatoms. The topological polar surface area (TPSA) is 50.8 Å². The third-order valence-corrected chi connectivity index (χ3v) is 4.17. The number of hydrogen-bond acceptors (Lipinski definition) is 4. The van der Waals surface area contributed by atoms with Gasteiger partial charge in [-0.05, 0) is 29.8 Å². The van der Waals surface area contributed by atoms with E-state index in [2.05, 4.69) is 5.32 Å². The van der Waals surface area contributed by atoms with E-state index in [1.807, 2.05) is 4.90 Å². The average Bonchev–Trinajstić information content (AvgIpc) is 2.70. The number of para-hydroxylation sites is 1. The molecule has 0 saturated heterocycles. The molecule has 5 nitrogen and oxygen atoms in total. The first kappa shape index (κ1) is 21.8. The molecule has 152 valence electrons. The van der Waals surface area contributed by atoms with Crippen molar-refractivity contribution < 1.29 is 23.0 Å². The van der Waals surface area contributed by atoms with E-state index >= 15 is 0 Å². The number of hydrogen-bond donors (Lipinski definition) is 1. The van der Waals surface area contributed by atoms with Gasteiger partial charge in [-0.3, -0.25) is 9.69 Å². The van der Waals surface area contributed by atoms with Crippen LogP contribution in [0.5, 0.6) is 5.75 Å². The summed E-state index contributed by atoms with van der Waals surface area (Å²) in [5.74, 6) is -0.583. The molecular formula is C21H26F2N2O3. The molecule has 0 heterocycles. The van der Waals surface area contributed by atoms with Crippen molar-refractivity contribution in [3.8, 4) is 5.75 Å². The van der Waals surface area contributed by atoms with Crippen LogP contribution in [0, 0.1) is 11.6 Å². The summed E-state index contributed by atoms with van der Waals surface area (Å²) in [6, 6.07) is 12.3. The number of nitrogens with zero attached hydrogens (tertiary/aromatic N) is 1. The van der Waals surface area contributed by atoms with Crippen LogP contribution in [0.25, 0.3) is 0 Å². The molecular weight excluding hydrogens is 366 g/mol. The SMILES string of the molecule is COCCN(CCOc1ccccc1F)CCC(=O)NCc1ccc(F)cc1. The summed E-state index contributed by atoms with van der Waals surface area (Å²) in [5.41, 5.74) is 0.837. The number of halogens is 2. The van der Waals surface area contributed by atoms with Gasteiger partial charge in [0.05, 0.1) is 6.61 Å². The van der Waals surface area contributed by atoms with Gasteiger partial charge in [0.15, 0.2) is 11.6 Å². The van der Waals surface area contributed by atoms with Crippen molar-refractivity contribution in [2.45, 2.75) is 13.0 Å². The summed E-state index contributed by atoms with van der Waals surface area (Å²) in [6.45, 7) is 2.90. The summed E-state index contributed by atoms with van der Waals surface area (Å²) < 4.78 is 37.1. The van der Waals surface area contributed by atoms with Crippen molar-refractivity contribution in [3.63, 3.8) is 0 Å². The highest BCUT2D eigenvalue weighted by molar-refractivity contribution is 5.76. The molecule has 0 atom stereocenters. The molecule has 0 unspecified atom stereocenters. The molecule has 0 bridgehead atoms. The number of benzene rings is 2. The zero-order valence-electron chi connectivity index (χ0n) is 16.0. The van der Waals surface area contributed by atoms with Gasteiger partial charge in [0.1, 0.15) is 12.4 Å². The van der Waals surface area contributed by atoms with Gasteiger partial charge in [0, 0.05) is 39.7 Å². The summed E-state index contributed by atoms with van der Waals surface area (Å²) in [6.07, 6.45) is 0.310. The van der Waals surface area contributed by atoms with E-state index in [1.54, 1.807) is 37.4 Å². The molecule has 1 N–H and O–H groups in total. The Morgan fingerprint density at radius 1 is 1.00 bits per heavy atom. The first-order valence-electron chi connectivity index (χ1n) is 9.18. The highest BCUT2D eigenvalue weighted by atomic mass is 19.1. The Morgan fingerprint density at radius 2 is 1.71 bits per heavy atom. The van der Waals surface area contributed by atoms with Crippen molar-refractivity contribution in [1.29, 1.82) is 0 Å². The molecule has 0 fully saturated rings. The van der Waals surface area contributed by atoms with E-state index in [4.69, 9.17) is 9.47 Å². The Labute approximate surface area is 164 Å². The van der Waals surface area contributed by atoms with Gasteiger partial charge in [0.25, 0.3) is 0 Å². The first-order chi connectivity index (χ1) is 13.6. The fraction of sp³-hybridized carbons (Fsp3) is 0.381. The third-order valence-electron chi connectivity index (χ3n) is 4.17. The van der Waals surface area contributed by atoms with E-state index in [-0.39, 0.29) is 17.5 Å². The quantitative estimate of drug-likeness (QED) is 0.603. The minimum absolute atomic E-state index is 0.0956. The lowest BCUT2D eigenvalue weighted by molar-refractivity contribution is -0.121. The maximum absolute atomic E-state index is 13.6. The summed E-state index contributed by atoms with van der Waals surface area (Å²) in [4.78, 5) is 14.1. The lowest BCUT2D eigenvalue weighted by Crippen LogP contribution is -2.35. The van der Waals surface area contributed by atoms with Crippen molar-refractivity contribution >= 4 is 5.91 Å². The van der Waals surface area contributed by atoms with Crippen LogP contribution >= 0.6 is 0 Å². The molecule has 0 aliphatic heterocycles. The van der Waals surface area contributed by atoms with Crippen LogP contribution in [-0.4, -0.2) is 50.8 Å². The smallest absolute Gasteiger partial charge is 0.221 e. The number of nitrogens with one attached hydrogen (secondary N) is 1. The number of rotatable bonds is 12. The number of methoxy groups -OCH3 is 1. The zero-order chi connectivity index (χ0) is 20.2. The van der Waals surface area contributed by atoms with E-state index in [0.717, 1.165) is 5.56 Å². The van der Waals surface area contributed by atoms with Crippen molar-refractivity contribution in [2.75, 3.05) is 40.0 Å². The molecule has 0 saturated carbocycles. The van der Waals surface area contributed by atoms with Crippen LogP contribution in [0.1, 0.15) is 12.0 Å². The highest BCUT2D eigenvalue weighted by Gasteiger charge is 2.10. The monoisotopic (exact) mass is 392 g/mol. The van der Waals surface area contributed by atoms with Crippen molar-refractivity contribution in [2.24, 2.45) is 0 Å². The van der Waals surface area contributed by atoms with Gasteiger partial charge in [-0.2, -0.15) is 0 Å². The lowest BCUT2D eigenvalue weighted by atomic mass is 10.2. The molecule has 0 spiro atoms. The third kappa shape index (κ3) is 8.02. The Hall–Kier alpha value is -2.51. The molecule has 2 aromatic rings. The van der Waals surface area contributed by atoms with Gasteiger partial charge in [-0.25, -0.2) is 8.78 Å². The number of amides is 1. The fourth-order valence-corrected chi connectivity index (χ4v) is 2.55. The van der Waals surface area contributed by atoms with Crippen LogP contribution in [0.15, 0.2) is 48.5 Å². The molecule has 0 aliphatic rings.